The number of pyridine rings is 2. The summed E-state index contributed by atoms with van der Waals surface area (Å²) in [4.78, 5) is 24.6. The van der Waals surface area contributed by atoms with Crippen LogP contribution in [0.3, 0.4) is 0 Å². The Morgan fingerprint density at radius 3 is 2.78 bits per heavy atom. The normalized spacial score (nSPS) is 11.3. The van der Waals surface area contributed by atoms with Gasteiger partial charge in [-0.1, -0.05) is 11.3 Å². The molecule has 114 valence electrons. The van der Waals surface area contributed by atoms with Gasteiger partial charge in [-0.25, -0.2) is 4.98 Å². The Balaban J connectivity index is 1.56. The molecule has 0 aliphatic carbocycles. The Morgan fingerprint density at radius 2 is 1.91 bits per heavy atom. The highest BCUT2D eigenvalue weighted by molar-refractivity contribution is 7.12. The summed E-state index contributed by atoms with van der Waals surface area (Å²) in [7, 11) is 0. The molecule has 0 N–H and O–H groups in total. The van der Waals surface area contributed by atoms with E-state index in [2.05, 4.69) is 39.2 Å². The fraction of sp³-hybridized carbons (Fsp3) is 0.176. The van der Waals surface area contributed by atoms with E-state index < -0.39 is 0 Å². The van der Waals surface area contributed by atoms with Crippen molar-refractivity contribution < 1.29 is 0 Å². The van der Waals surface area contributed by atoms with Gasteiger partial charge in [0.2, 0.25) is 0 Å². The molecule has 0 bridgehead atoms. The van der Waals surface area contributed by atoms with Gasteiger partial charge in [0.1, 0.15) is 5.65 Å². The van der Waals surface area contributed by atoms with Crippen LogP contribution in [-0.2, 0) is 12.8 Å². The van der Waals surface area contributed by atoms with Crippen LogP contribution >= 0.6 is 11.3 Å². The van der Waals surface area contributed by atoms with E-state index in [4.69, 9.17) is 0 Å². The molecule has 0 aromatic carbocycles. The molecule has 2 aromatic rings. The van der Waals surface area contributed by atoms with Crippen LogP contribution in [0.1, 0.15) is 17.5 Å². The fourth-order valence-corrected chi connectivity index (χ4v) is 3.36. The molecule has 4 heterocycles. The van der Waals surface area contributed by atoms with Gasteiger partial charge in [-0.2, -0.15) is 4.98 Å². The lowest BCUT2D eigenvalue weighted by Crippen LogP contribution is -2.01. The third kappa shape index (κ3) is 2.85. The molecule has 2 aliphatic rings. The first-order valence-corrected chi connectivity index (χ1v) is 8.27. The highest BCUT2D eigenvalue weighted by Crippen LogP contribution is 2.22. The summed E-state index contributed by atoms with van der Waals surface area (Å²) < 4.78 is 1.87. The molecule has 4 rings (SSSR count). The maximum absolute atomic E-state index is 11.4. The molecule has 0 spiro atoms. The molecule has 0 amide bonds. The first-order chi connectivity index (χ1) is 11.3. The third-order valence-corrected chi connectivity index (χ3v) is 4.61. The van der Waals surface area contributed by atoms with Crippen LogP contribution in [0.5, 0.6) is 0 Å². The van der Waals surface area contributed by atoms with Gasteiger partial charge >= 0.3 is 4.87 Å². The topological polar surface area (TPSA) is 60.2 Å². The smallest absolute Gasteiger partial charge is 0.285 e. The number of aromatic nitrogens is 4. The maximum atomic E-state index is 11.4. The lowest BCUT2D eigenvalue weighted by atomic mass is 10.1. The van der Waals surface area contributed by atoms with Gasteiger partial charge in [-0.3, -0.25) is 14.2 Å². The van der Waals surface area contributed by atoms with Gasteiger partial charge in [0.25, 0.3) is 0 Å². The van der Waals surface area contributed by atoms with Gasteiger partial charge in [-0.05, 0) is 54.7 Å². The number of nitrogens with zero attached hydrogens (tertiary/aromatic N) is 4. The van der Waals surface area contributed by atoms with Crippen LogP contribution in [0.25, 0.3) is 16.3 Å². The lowest BCUT2D eigenvalue weighted by Gasteiger charge is -2.08. The van der Waals surface area contributed by atoms with Gasteiger partial charge in [-0.15, -0.1) is 0 Å². The van der Waals surface area contributed by atoms with E-state index in [1.165, 1.54) is 11.1 Å². The molecule has 2 aromatic heterocycles. The van der Waals surface area contributed by atoms with E-state index in [9.17, 15) is 4.79 Å². The molecule has 6 heteroatoms. The van der Waals surface area contributed by atoms with Crippen molar-refractivity contribution in [2.75, 3.05) is 0 Å². The summed E-state index contributed by atoms with van der Waals surface area (Å²) in [5, 5.41) is 0. The number of fused-ring (bicyclic) bond motifs is 3. The monoisotopic (exact) mass is 322 g/mol. The minimum absolute atomic E-state index is 0.178. The molecular formula is C17H14N4OS. The van der Waals surface area contributed by atoms with Gasteiger partial charge in [0, 0.05) is 18.6 Å². The molecule has 0 atom stereocenters. The molecular weight excluding hydrogens is 308 g/mol. The molecule has 0 radical (unpaired) electrons. The zero-order chi connectivity index (χ0) is 15.6. The lowest BCUT2D eigenvalue weighted by molar-refractivity contribution is 0.817. The number of hydrogen-bond acceptors (Lipinski definition) is 5. The van der Waals surface area contributed by atoms with Crippen molar-refractivity contribution >= 4 is 17.0 Å². The molecule has 23 heavy (non-hydrogen) atoms. The van der Waals surface area contributed by atoms with Gasteiger partial charge < -0.3 is 0 Å². The summed E-state index contributed by atoms with van der Waals surface area (Å²) in [6, 6.07) is 8.24. The second-order valence-electron chi connectivity index (χ2n) is 5.40. The summed E-state index contributed by atoms with van der Waals surface area (Å²) in [6.07, 6.45) is 10.4. The van der Waals surface area contributed by atoms with E-state index >= 15 is 0 Å². The molecule has 5 nitrogen and oxygen atoms in total. The second kappa shape index (κ2) is 5.89. The zero-order valence-electron chi connectivity index (χ0n) is 12.3. The fourth-order valence-electron chi connectivity index (χ4n) is 2.70. The molecule has 0 fully saturated rings. The minimum atomic E-state index is -0.178. The Hall–Kier alpha value is -2.60. The molecule has 0 saturated carbocycles. The maximum Gasteiger partial charge on any atom is 0.329 e. The van der Waals surface area contributed by atoms with E-state index in [1.807, 2.05) is 23.0 Å². The first kappa shape index (κ1) is 14.0. The first-order valence-electron chi connectivity index (χ1n) is 7.45. The summed E-state index contributed by atoms with van der Waals surface area (Å²) in [6.45, 7) is 0. The molecule has 0 saturated heterocycles. The van der Waals surface area contributed by atoms with Crippen molar-refractivity contribution in [1.82, 2.24) is 19.4 Å². The van der Waals surface area contributed by atoms with Crippen molar-refractivity contribution in [3.63, 3.8) is 0 Å². The summed E-state index contributed by atoms with van der Waals surface area (Å²) in [5.41, 5.74) is 3.37. The number of rotatable bonds is 4. The Morgan fingerprint density at radius 1 is 1.09 bits per heavy atom. The quantitative estimate of drug-likeness (QED) is 0.580. The van der Waals surface area contributed by atoms with Crippen molar-refractivity contribution in [3.05, 3.63) is 69.8 Å². The van der Waals surface area contributed by atoms with Crippen LogP contribution in [0.4, 0.5) is 0 Å². The van der Waals surface area contributed by atoms with Crippen molar-refractivity contribution in [3.8, 4) is 10.7 Å². The molecule has 0 unspecified atom stereocenters. The summed E-state index contributed by atoms with van der Waals surface area (Å²) >= 11 is 1.13. The van der Waals surface area contributed by atoms with Crippen LogP contribution < -0.4 is 4.87 Å². The van der Waals surface area contributed by atoms with Crippen LogP contribution in [0.15, 0.2) is 53.8 Å². The largest absolute Gasteiger partial charge is 0.329 e. The van der Waals surface area contributed by atoms with E-state index in [0.29, 0.717) is 5.82 Å². The van der Waals surface area contributed by atoms with Gasteiger partial charge in [0.05, 0.1) is 11.1 Å². The Labute approximate surface area is 136 Å². The predicted octanol–water partition coefficient (Wildman–Crippen LogP) is 2.83. The number of thiazole rings is 1. The number of aryl methyl sites for hydroxylation is 2. The highest BCUT2D eigenvalue weighted by atomic mass is 32.1. The Bertz CT molecular complexity index is 977. The minimum Gasteiger partial charge on any atom is -0.285 e. The van der Waals surface area contributed by atoms with Crippen LogP contribution in [0.2, 0.25) is 0 Å². The van der Waals surface area contributed by atoms with Crippen molar-refractivity contribution in [2.45, 2.75) is 19.3 Å². The standard InChI is InChI=1S/C17H14N4OS/c22-17-20-16-14(23-17)11-19-15-10-13(6-9-21(15)16)3-1-2-12-4-7-18-8-5-12/h4-11H,1-3H2. The van der Waals surface area contributed by atoms with E-state index in [-0.39, 0.29) is 4.87 Å². The van der Waals surface area contributed by atoms with Crippen molar-refractivity contribution in [2.24, 2.45) is 0 Å². The van der Waals surface area contributed by atoms with E-state index in [0.717, 1.165) is 41.1 Å². The third-order valence-electron chi connectivity index (χ3n) is 3.84. The van der Waals surface area contributed by atoms with Gasteiger partial charge in [0.15, 0.2) is 5.82 Å². The number of hydrogen-bond donors (Lipinski definition) is 0. The highest BCUT2D eigenvalue weighted by Gasteiger charge is 2.12. The average Bonchev–Trinajstić information content (AvgIpc) is 2.96. The molecule has 2 aliphatic heterocycles. The van der Waals surface area contributed by atoms with Crippen LogP contribution in [0, 0.1) is 0 Å². The van der Waals surface area contributed by atoms with Crippen LogP contribution in [-0.4, -0.2) is 19.4 Å². The van der Waals surface area contributed by atoms with Crippen molar-refractivity contribution in [1.29, 1.82) is 0 Å². The Kier molecular flexibility index (Phi) is 3.59. The predicted molar refractivity (Wildman–Crippen MR) is 90.0 cm³/mol. The van der Waals surface area contributed by atoms with E-state index in [1.54, 1.807) is 6.20 Å². The average molecular weight is 322 g/mol. The SMILES string of the molecule is O=c1nc2n3ccc(CCCc4ccncc4)cc3ncc-2s1. The zero-order valence-corrected chi connectivity index (χ0v) is 13.2. The summed E-state index contributed by atoms with van der Waals surface area (Å²) in [5.74, 6) is 0.688. The second-order valence-corrected chi connectivity index (χ2v) is 6.39.